The number of carbonyl (C=O) groups is 2. The van der Waals surface area contributed by atoms with Crippen LogP contribution < -0.4 is 10.6 Å². The van der Waals surface area contributed by atoms with Crippen molar-refractivity contribution in [1.29, 1.82) is 0 Å². The zero-order valence-corrected chi connectivity index (χ0v) is 15.6. The lowest BCUT2D eigenvalue weighted by Gasteiger charge is -2.22. The SMILES string of the molecule is COCCN(CCOC)C(=O)c1ccc(NC(=O)Nc2ccccc2)cc1. The Morgan fingerprint density at radius 2 is 1.33 bits per heavy atom. The lowest BCUT2D eigenvalue weighted by molar-refractivity contribution is 0.0627. The second kappa shape index (κ2) is 10.9. The largest absolute Gasteiger partial charge is 0.383 e. The minimum atomic E-state index is -0.345. The lowest BCUT2D eigenvalue weighted by Crippen LogP contribution is -2.36. The molecule has 3 amide bonds. The van der Waals surface area contributed by atoms with Crippen LogP contribution in [0.15, 0.2) is 54.6 Å². The molecule has 0 saturated heterocycles. The van der Waals surface area contributed by atoms with Crippen LogP contribution in [0.4, 0.5) is 16.2 Å². The van der Waals surface area contributed by atoms with Gasteiger partial charge >= 0.3 is 6.03 Å². The van der Waals surface area contributed by atoms with Gasteiger partial charge in [0.05, 0.1) is 13.2 Å². The highest BCUT2D eigenvalue weighted by Gasteiger charge is 2.15. The molecule has 2 rings (SSSR count). The average molecular weight is 371 g/mol. The molecule has 27 heavy (non-hydrogen) atoms. The number of benzene rings is 2. The molecule has 0 radical (unpaired) electrons. The Morgan fingerprint density at radius 3 is 1.85 bits per heavy atom. The van der Waals surface area contributed by atoms with Gasteiger partial charge in [0.1, 0.15) is 0 Å². The predicted molar refractivity (Wildman–Crippen MR) is 105 cm³/mol. The summed E-state index contributed by atoms with van der Waals surface area (Å²) in [5.74, 6) is -0.107. The molecule has 0 fully saturated rings. The van der Waals surface area contributed by atoms with E-state index in [1.54, 1.807) is 55.5 Å². The van der Waals surface area contributed by atoms with Gasteiger partial charge in [-0.2, -0.15) is 0 Å². The molecular formula is C20H25N3O4. The van der Waals surface area contributed by atoms with Crippen LogP contribution in [0.25, 0.3) is 0 Å². The van der Waals surface area contributed by atoms with Gasteiger partial charge < -0.3 is 25.0 Å². The number of nitrogens with one attached hydrogen (secondary N) is 2. The Balaban J connectivity index is 1.95. The Labute approximate surface area is 159 Å². The minimum Gasteiger partial charge on any atom is -0.383 e. The maximum atomic E-state index is 12.6. The fourth-order valence-corrected chi connectivity index (χ4v) is 2.41. The first-order valence-electron chi connectivity index (χ1n) is 8.64. The van der Waals surface area contributed by atoms with Gasteiger partial charge in [-0.15, -0.1) is 0 Å². The second-order valence-corrected chi connectivity index (χ2v) is 5.80. The average Bonchev–Trinajstić information content (AvgIpc) is 2.69. The summed E-state index contributed by atoms with van der Waals surface area (Å²) in [6.07, 6.45) is 0. The number of ether oxygens (including phenoxy) is 2. The molecule has 7 nitrogen and oxygen atoms in total. The van der Waals surface area contributed by atoms with Crippen LogP contribution in [0, 0.1) is 0 Å². The zero-order valence-electron chi connectivity index (χ0n) is 15.6. The molecule has 2 N–H and O–H groups in total. The molecule has 0 bridgehead atoms. The maximum absolute atomic E-state index is 12.6. The molecule has 2 aromatic carbocycles. The van der Waals surface area contributed by atoms with Crippen molar-refractivity contribution in [3.05, 3.63) is 60.2 Å². The van der Waals surface area contributed by atoms with Gasteiger partial charge in [-0.05, 0) is 36.4 Å². The van der Waals surface area contributed by atoms with Crippen LogP contribution in [0.2, 0.25) is 0 Å². The highest BCUT2D eigenvalue weighted by atomic mass is 16.5. The van der Waals surface area contributed by atoms with E-state index in [4.69, 9.17) is 9.47 Å². The molecule has 0 spiro atoms. The summed E-state index contributed by atoms with van der Waals surface area (Å²) < 4.78 is 10.1. The predicted octanol–water partition coefficient (Wildman–Crippen LogP) is 3.07. The van der Waals surface area contributed by atoms with Crippen molar-refractivity contribution < 1.29 is 19.1 Å². The van der Waals surface area contributed by atoms with Crippen LogP contribution in [-0.4, -0.2) is 57.4 Å². The number of nitrogens with zero attached hydrogens (tertiary/aromatic N) is 1. The van der Waals surface area contributed by atoms with E-state index >= 15 is 0 Å². The van der Waals surface area contributed by atoms with Crippen molar-refractivity contribution in [3.63, 3.8) is 0 Å². The van der Waals surface area contributed by atoms with Crippen molar-refractivity contribution in [2.75, 3.05) is 51.2 Å². The normalized spacial score (nSPS) is 10.3. The number of anilines is 2. The van der Waals surface area contributed by atoms with Crippen LogP contribution in [0.1, 0.15) is 10.4 Å². The molecule has 144 valence electrons. The monoisotopic (exact) mass is 371 g/mol. The fraction of sp³-hybridized carbons (Fsp3) is 0.300. The van der Waals surface area contributed by atoms with Crippen molar-refractivity contribution in [1.82, 2.24) is 4.90 Å². The standard InChI is InChI=1S/C20H25N3O4/c1-26-14-12-23(13-15-27-2)19(24)16-8-10-18(11-9-16)22-20(25)21-17-6-4-3-5-7-17/h3-11H,12-15H2,1-2H3,(H2,21,22,25). The van der Waals surface area contributed by atoms with Gasteiger partial charge in [0, 0.05) is 44.2 Å². The van der Waals surface area contributed by atoms with E-state index in [1.807, 2.05) is 18.2 Å². The number of carbonyl (C=O) groups excluding carboxylic acids is 2. The summed E-state index contributed by atoms with van der Waals surface area (Å²) in [5.41, 5.74) is 1.84. The topological polar surface area (TPSA) is 79.9 Å². The molecule has 0 aliphatic carbocycles. The highest BCUT2D eigenvalue weighted by Crippen LogP contribution is 2.13. The molecule has 0 unspecified atom stereocenters. The molecular weight excluding hydrogens is 346 g/mol. The Bertz CT molecular complexity index is 712. The third-order valence-corrected chi connectivity index (χ3v) is 3.84. The maximum Gasteiger partial charge on any atom is 0.323 e. The third-order valence-electron chi connectivity index (χ3n) is 3.84. The lowest BCUT2D eigenvalue weighted by atomic mass is 10.1. The number of hydrogen-bond donors (Lipinski definition) is 2. The Hall–Kier alpha value is -2.90. The first-order valence-corrected chi connectivity index (χ1v) is 8.64. The number of hydrogen-bond acceptors (Lipinski definition) is 4. The summed E-state index contributed by atoms with van der Waals surface area (Å²) in [4.78, 5) is 26.3. The van der Waals surface area contributed by atoms with Gasteiger partial charge in [-0.3, -0.25) is 4.79 Å². The van der Waals surface area contributed by atoms with E-state index in [0.29, 0.717) is 43.2 Å². The summed E-state index contributed by atoms with van der Waals surface area (Å²) in [6, 6.07) is 15.6. The van der Waals surface area contributed by atoms with Crippen molar-refractivity contribution >= 4 is 23.3 Å². The van der Waals surface area contributed by atoms with Crippen LogP contribution >= 0.6 is 0 Å². The quantitative estimate of drug-likeness (QED) is 0.710. The van der Waals surface area contributed by atoms with Crippen LogP contribution in [-0.2, 0) is 9.47 Å². The highest BCUT2D eigenvalue weighted by molar-refractivity contribution is 6.00. The molecule has 0 aliphatic heterocycles. The number of para-hydroxylation sites is 1. The molecule has 0 heterocycles. The van der Waals surface area contributed by atoms with Crippen LogP contribution in [0.3, 0.4) is 0 Å². The van der Waals surface area contributed by atoms with Gasteiger partial charge in [-0.25, -0.2) is 4.79 Å². The van der Waals surface area contributed by atoms with Gasteiger partial charge in [0.15, 0.2) is 0 Å². The summed E-state index contributed by atoms with van der Waals surface area (Å²) in [6.45, 7) is 1.87. The number of methoxy groups -OCH3 is 2. The molecule has 0 saturated carbocycles. The second-order valence-electron chi connectivity index (χ2n) is 5.80. The van der Waals surface area contributed by atoms with E-state index in [0.717, 1.165) is 0 Å². The van der Waals surface area contributed by atoms with E-state index in [2.05, 4.69) is 10.6 Å². The van der Waals surface area contributed by atoms with Crippen molar-refractivity contribution in [3.8, 4) is 0 Å². The van der Waals surface area contributed by atoms with Crippen molar-refractivity contribution in [2.24, 2.45) is 0 Å². The minimum absolute atomic E-state index is 0.107. The number of rotatable bonds is 9. The van der Waals surface area contributed by atoms with E-state index in [1.165, 1.54) is 0 Å². The third kappa shape index (κ3) is 6.73. The molecule has 7 heteroatoms. The van der Waals surface area contributed by atoms with E-state index in [9.17, 15) is 9.59 Å². The first kappa shape index (κ1) is 20.4. The Kier molecular flexibility index (Phi) is 8.28. The summed E-state index contributed by atoms with van der Waals surface area (Å²) in [7, 11) is 3.19. The fourth-order valence-electron chi connectivity index (χ4n) is 2.41. The van der Waals surface area contributed by atoms with Gasteiger partial charge in [-0.1, -0.05) is 18.2 Å². The smallest absolute Gasteiger partial charge is 0.323 e. The first-order chi connectivity index (χ1) is 13.1. The number of amides is 3. The summed E-state index contributed by atoms with van der Waals surface area (Å²) in [5, 5.41) is 5.48. The number of urea groups is 1. The molecule has 0 aliphatic rings. The zero-order chi connectivity index (χ0) is 19.5. The van der Waals surface area contributed by atoms with Gasteiger partial charge in [0.2, 0.25) is 0 Å². The van der Waals surface area contributed by atoms with Gasteiger partial charge in [0.25, 0.3) is 5.91 Å². The van der Waals surface area contributed by atoms with E-state index < -0.39 is 0 Å². The molecule has 2 aromatic rings. The molecule has 0 aromatic heterocycles. The summed E-state index contributed by atoms with van der Waals surface area (Å²) >= 11 is 0. The van der Waals surface area contributed by atoms with Crippen LogP contribution in [0.5, 0.6) is 0 Å². The van der Waals surface area contributed by atoms with Crippen molar-refractivity contribution in [2.45, 2.75) is 0 Å². The van der Waals surface area contributed by atoms with E-state index in [-0.39, 0.29) is 11.9 Å². The Morgan fingerprint density at radius 1 is 0.815 bits per heavy atom. The molecule has 0 atom stereocenters.